The van der Waals surface area contributed by atoms with Crippen molar-refractivity contribution < 1.29 is 4.79 Å². The van der Waals surface area contributed by atoms with E-state index in [1.165, 1.54) is 51.5 Å². The van der Waals surface area contributed by atoms with Crippen LogP contribution in [0.15, 0.2) is 30.3 Å². The van der Waals surface area contributed by atoms with Gasteiger partial charge in [-0.05, 0) is 43.9 Å². The number of hydrogen-bond acceptors (Lipinski definition) is 2. The van der Waals surface area contributed by atoms with Crippen LogP contribution >= 0.6 is 0 Å². The molecule has 1 saturated heterocycles. The summed E-state index contributed by atoms with van der Waals surface area (Å²) >= 11 is 0. The Hall–Kier alpha value is -1.35. The molecular weight excluding hydrogens is 296 g/mol. The normalized spacial score (nSPS) is 21.3. The fourth-order valence-electron chi connectivity index (χ4n) is 4.18. The van der Waals surface area contributed by atoms with Crippen LogP contribution in [0.3, 0.4) is 0 Å². The molecule has 0 radical (unpaired) electrons. The average Bonchev–Trinajstić information content (AvgIpc) is 2.91. The Kier molecular flexibility index (Phi) is 6.71. The van der Waals surface area contributed by atoms with Gasteiger partial charge in [0.2, 0.25) is 0 Å². The quantitative estimate of drug-likeness (QED) is 0.820. The van der Waals surface area contributed by atoms with Gasteiger partial charge in [0, 0.05) is 24.7 Å². The lowest BCUT2D eigenvalue weighted by molar-refractivity contribution is 0.0909. The van der Waals surface area contributed by atoms with Crippen molar-refractivity contribution in [3.8, 4) is 0 Å². The molecule has 1 N–H and O–H groups in total. The monoisotopic (exact) mass is 328 g/mol. The zero-order chi connectivity index (χ0) is 16.6. The number of carbonyl (C=O) groups excluding carboxylic acids is 1. The Labute approximate surface area is 146 Å². The molecular formula is C21H32N2O. The van der Waals surface area contributed by atoms with Gasteiger partial charge in [0.25, 0.3) is 5.91 Å². The van der Waals surface area contributed by atoms with Crippen molar-refractivity contribution >= 4 is 5.91 Å². The summed E-state index contributed by atoms with van der Waals surface area (Å²) in [7, 11) is 0. The molecule has 0 unspecified atom stereocenters. The summed E-state index contributed by atoms with van der Waals surface area (Å²) in [4.78, 5) is 14.8. The van der Waals surface area contributed by atoms with Crippen molar-refractivity contribution in [3.05, 3.63) is 35.9 Å². The molecule has 1 amide bonds. The first kappa shape index (κ1) is 17.5. The van der Waals surface area contributed by atoms with E-state index in [2.05, 4.69) is 10.2 Å². The molecule has 2 aliphatic rings. The molecule has 0 bridgehead atoms. The summed E-state index contributed by atoms with van der Waals surface area (Å²) < 4.78 is 0. The number of rotatable bonds is 5. The summed E-state index contributed by atoms with van der Waals surface area (Å²) in [6.07, 6.45) is 12.2. The van der Waals surface area contributed by atoms with Gasteiger partial charge in [0.15, 0.2) is 0 Å². The van der Waals surface area contributed by atoms with Gasteiger partial charge in [-0.2, -0.15) is 0 Å². The predicted molar refractivity (Wildman–Crippen MR) is 99.2 cm³/mol. The van der Waals surface area contributed by atoms with E-state index in [1.807, 2.05) is 30.3 Å². The number of carbonyl (C=O) groups is 1. The summed E-state index contributed by atoms with van der Waals surface area (Å²) in [5, 5.41) is 3.20. The second kappa shape index (κ2) is 9.22. The van der Waals surface area contributed by atoms with Crippen LogP contribution in [-0.2, 0) is 0 Å². The number of nitrogens with one attached hydrogen (secondary N) is 1. The van der Waals surface area contributed by atoms with Gasteiger partial charge in [-0.3, -0.25) is 4.79 Å². The van der Waals surface area contributed by atoms with E-state index in [4.69, 9.17) is 0 Å². The minimum absolute atomic E-state index is 0.0764. The van der Waals surface area contributed by atoms with E-state index < -0.39 is 0 Å². The van der Waals surface area contributed by atoms with Crippen molar-refractivity contribution in [1.82, 2.24) is 10.2 Å². The largest absolute Gasteiger partial charge is 0.349 e. The number of nitrogens with zero attached hydrogens (tertiary/aromatic N) is 1. The molecule has 1 aliphatic carbocycles. The van der Waals surface area contributed by atoms with Crippen LogP contribution in [0.2, 0.25) is 0 Å². The van der Waals surface area contributed by atoms with E-state index in [-0.39, 0.29) is 5.91 Å². The summed E-state index contributed by atoms with van der Waals surface area (Å²) in [5.41, 5.74) is 0.772. The van der Waals surface area contributed by atoms with Gasteiger partial charge in [-0.1, -0.05) is 56.7 Å². The van der Waals surface area contributed by atoms with Gasteiger partial charge >= 0.3 is 0 Å². The average molecular weight is 328 g/mol. The van der Waals surface area contributed by atoms with Crippen molar-refractivity contribution in [3.63, 3.8) is 0 Å². The zero-order valence-electron chi connectivity index (χ0n) is 14.9. The Balaban J connectivity index is 1.35. The summed E-state index contributed by atoms with van der Waals surface area (Å²) in [6, 6.07) is 9.90. The topological polar surface area (TPSA) is 32.3 Å². The van der Waals surface area contributed by atoms with Gasteiger partial charge < -0.3 is 10.2 Å². The van der Waals surface area contributed by atoms with Crippen LogP contribution in [0.5, 0.6) is 0 Å². The second-order valence-corrected chi connectivity index (χ2v) is 7.60. The highest BCUT2D eigenvalue weighted by Gasteiger charge is 2.22. The lowest BCUT2D eigenvalue weighted by Gasteiger charge is -2.33. The van der Waals surface area contributed by atoms with Crippen LogP contribution in [0, 0.1) is 5.92 Å². The molecule has 24 heavy (non-hydrogen) atoms. The lowest BCUT2D eigenvalue weighted by Crippen LogP contribution is -2.45. The molecule has 132 valence electrons. The number of amides is 1. The fourth-order valence-corrected chi connectivity index (χ4v) is 4.18. The molecule has 3 heteroatoms. The van der Waals surface area contributed by atoms with E-state index >= 15 is 0 Å². The summed E-state index contributed by atoms with van der Waals surface area (Å²) in [5.74, 6) is 1.04. The van der Waals surface area contributed by atoms with Crippen molar-refractivity contribution in [2.45, 2.75) is 63.8 Å². The smallest absolute Gasteiger partial charge is 0.251 e. The van der Waals surface area contributed by atoms with Crippen LogP contribution < -0.4 is 5.32 Å². The highest BCUT2D eigenvalue weighted by atomic mass is 16.1. The summed E-state index contributed by atoms with van der Waals surface area (Å²) in [6.45, 7) is 3.52. The SMILES string of the molecule is O=C(NC1CCN(CCC2CCCCCC2)CC1)c1ccccc1. The fraction of sp³-hybridized carbons (Fsp3) is 0.667. The molecule has 1 aromatic carbocycles. The Bertz CT molecular complexity index is 486. The first-order chi connectivity index (χ1) is 11.8. The first-order valence-electron chi connectivity index (χ1n) is 9.89. The van der Waals surface area contributed by atoms with Gasteiger partial charge in [0.05, 0.1) is 0 Å². The molecule has 0 atom stereocenters. The molecule has 1 heterocycles. The Morgan fingerprint density at radius 1 is 0.958 bits per heavy atom. The lowest BCUT2D eigenvalue weighted by atomic mass is 9.95. The maximum atomic E-state index is 12.2. The highest BCUT2D eigenvalue weighted by molar-refractivity contribution is 5.94. The zero-order valence-corrected chi connectivity index (χ0v) is 14.9. The minimum Gasteiger partial charge on any atom is -0.349 e. The van der Waals surface area contributed by atoms with E-state index in [0.717, 1.165) is 37.4 Å². The third-order valence-electron chi connectivity index (χ3n) is 5.79. The van der Waals surface area contributed by atoms with Gasteiger partial charge in [-0.25, -0.2) is 0 Å². The predicted octanol–water partition coefficient (Wildman–Crippen LogP) is 4.24. The molecule has 1 saturated carbocycles. The molecule has 0 aromatic heterocycles. The third kappa shape index (κ3) is 5.34. The third-order valence-corrected chi connectivity index (χ3v) is 5.79. The number of hydrogen-bond donors (Lipinski definition) is 1. The molecule has 2 fully saturated rings. The Morgan fingerprint density at radius 3 is 2.29 bits per heavy atom. The number of likely N-dealkylation sites (tertiary alicyclic amines) is 1. The molecule has 1 aromatic rings. The van der Waals surface area contributed by atoms with Crippen molar-refractivity contribution in [2.75, 3.05) is 19.6 Å². The highest BCUT2D eigenvalue weighted by Crippen LogP contribution is 2.26. The molecule has 3 rings (SSSR count). The molecule has 0 spiro atoms. The van der Waals surface area contributed by atoms with Gasteiger partial charge in [0.1, 0.15) is 0 Å². The Morgan fingerprint density at radius 2 is 1.62 bits per heavy atom. The van der Waals surface area contributed by atoms with E-state index in [9.17, 15) is 4.79 Å². The van der Waals surface area contributed by atoms with E-state index in [0.29, 0.717) is 6.04 Å². The van der Waals surface area contributed by atoms with Crippen molar-refractivity contribution in [2.24, 2.45) is 5.92 Å². The molecule has 3 nitrogen and oxygen atoms in total. The van der Waals surface area contributed by atoms with E-state index in [1.54, 1.807) is 0 Å². The van der Waals surface area contributed by atoms with Crippen LogP contribution in [0.1, 0.15) is 68.1 Å². The van der Waals surface area contributed by atoms with Gasteiger partial charge in [-0.15, -0.1) is 0 Å². The number of piperidine rings is 1. The van der Waals surface area contributed by atoms with Crippen LogP contribution in [-0.4, -0.2) is 36.5 Å². The van der Waals surface area contributed by atoms with Crippen LogP contribution in [0.4, 0.5) is 0 Å². The maximum Gasteiger partial charge on any atom is 0.251 e. The maximum absolute atomic E-state index is 12.2. The molecule has 1 aliphatic heterocycles. The standard InChI is InChI=1S/C21H32N2O/c24-21(19-10-6-3-7-11-19)22-20-13-16-23(17-14-20)15-12-18-8-4-1-2-5-9-18/h3,6-7,10-11,18,20H,1-2,4-5,8-9,12-17H2,(H,22,24). The number of benzene rings is 1. The van der Waals surface area contributed by atoms with Crippen LogP contribution in [0.25, 0.3) is 0 Å². The minimum atomic E-state index is 0.0764. The second-order valence-electron chi connectivity index (χ2n) is 7.60. The van der Waals surface area contributed by atoms with Crippen molar-refractivity contribution in [1.29, 1.82) is 0 Å². The first-order valence-corrected chi connectivity index (χ1v) is 9.89.